The average molecular weight is 284 g/mol. The molecule has 1 aromatic heterocycles. The van der Waals surface area contributed by atoms with E-state index in [1.165, 1.54) is 25.7 Å². The molecule has 0 saturated heterocycles. The molecule has 0 spiro atoms. The maximum atomic E-state index is 5.88. The summed E-state index contributed by atoms with van der Waals surface area (Å²) in [5, 5.41) is 0. The van der Waals surface area contributed by atoms with Crippen LogP contribution in [0.25, 0.3) is 0 Å². The number of anilines is 1. The van der Waals surface area contributed by atoms with Gasteiger partial charge < -0.3 is 15.2 Å². The van der Waals surface area contributed by atoms with Gasteiger partial charge in [0.05, 0.1) is 12.8 Å². The molecule has 1 heterocycles. The molecule has 0 atom stereocenters. The molecule has 2 N–H and O–H groups in total. The number of nitrogens with two attached hydrogens (primary N) is 1. The van der Waals surface area contributed by atoms with Gasteiger partial charge in [0, 0.05) is 6.07 Å². The van der Waals surface area contributed by atoms with Gasteiger partial charge in [-0.3, -0.25) is 0 Å². The minimum atomic E-state index is 0.411. The Bertz CT molecular complexity index is 581. The summed E-state index contributed by atoms with van der Waals surface area (Å²) in [5.74, 6) is 3.06. The Balaban J connectivity index is 1.67. The van der Waals surface area contributed by atoms with Gasteiger partial charge in [-0.05, 0) is 30.9 Å². The van der Waals surface area contributed by atoms with E-state index in [0.717, 1.165) is 5.75 Å². The third-order valence-corrected chi connectivity index (χ3v) is 3.78. The number of nitrogens with zero attached hydrogens (tertiary/aromatic N) is 1. The summed E-state index contributed by atoms with van der Waals surface area (Å²) in [4.78, 5) is 4.15. The SMILES string of the molecule is Nc1ncc(Oc2ccccc2)cc1OCC1CCCC1. The number of pyridine rings is 1. The van der Waals surface area contributed by atoms with E-state index in [4.69, 9.17) is 15.2 Å². The van der Waals surface area contributed by atoms with Crippen molar-refractivity contribution in [1.82, 2.24) is 4.98 Å². The van der Waals surface area contributed by atoms with Gasteiger partial charge in [-0.15, -0.1) is 0 Å². The van der Waals surface area contributed by atoms with Gasteiger partial charge in [0.15, 0.2) is 11.6 Å². The summed E-state index contributed by atoms with van der Waals surface area (Å²) in [6, 6.07) is 11.4. The topological polar surface area (TPSA) is 57.4 Å². The predicted octanol–water partition coefficient (Wildman–Crippen LogP) is 4.03. The Morgan fingerprint density at radius 2 is 1.86 bits per heavy atom. The fourth-order valence-corrected chi connectivity index (χ4v) is 2.62. The highest BCUT2D eigenvalue weighted by Gasteiger charge is 2.16. The van der Waals surface area contributed by atoms with Crippen molar-refractivity contribution in [3.8, 4) is 17.2 Å². The second kappa shape index (κ2) is 6.48. The molecule has 2 aromatic rings. The molecule has 0 unspecified atom stereocenters. The number of rotatable bonds is 5. The molecular weight excluding hydrogens is 264 g/mol. The minimum absolute atomic E-state index is 0.411. The maximum Gasteiger partial charge on any atom is 0.166 e. The summed E-state index contributed by atoms with van der Waals surface area (Å²) >= 11 is 0. The molecule has 1 aliphatic carbocycles. The first kappa shape index (κ1) is 13.7. The molecule has 3 rings (SSSR count). The molecule has 0 aliphatic heterocycles. The lowest BCUT2D eigenvalue weighted by Crippen LogP contribution is -2.09. The molecule has 1 saturated carbocycles. The smallest absolute Gasteiger partial charge is 0.166 e. The van der Waals surface area contributed by atoms with Crippen LogP contribution in [-0.4, -0.2) is 11.6 Å². The Hall–Kier alpha value is -2.23. The number of ether oxygens (including phenoxy) is 2. The first-order valence-corrected chi connectivity index (χ1v) is 7.42. The molecule has 0 amide bonds. The highest BCUT2D eigenvalue weighted by molar-refractivity contribution is 5.49. The number of benzene rings is 1. The number of aromatic nitrogens is 1. The van der Waals surface area contributed by atoms with Crippen LogP contribution < -0.4 is 15.2 Å². The monoisotopic (exact) mass is 284 g/mol. The van der Waals surface area contributed by atoms with Crippen LogP contribution in [0.15, 0.2) is 42.6 Å². The van der Waals surface area contributed by atoms with E-state index in [2.05, 4.69) is 4.98 Å². The van der Waals surface area contributed by atoms with Gasteiger partial charge in [-0.1, -0.05) is 31.0 Å². The van der Waals surface area contributed by atoms with Crippen LogP contribution in [0.2, 0.25) is 0 Å². The summed E-state index contributed by atoms with van der Waals surface area (Å²) in [6.45, 7) is 0.709. The minimum Gasteiger partial charge on any atom is -0.489 e. The van der Waals surface area contributed by atoms with E-state index in [0.29, 0.717) is 29.8 Å². The predicted molar refractivity (Wildman–Crippen MR) is 82.6 cm³/mol. The fraction of sp³-hybridized carbons (Fsp3) is 0.353. The van der Waals surface area contributed by atoms with Gasteiger partial charge in [0.25, 0.3) is 0 Å². The first-order valence-electron chi connectivity index (χ1n) is 7.42. The Labute approximate surface area is 124 Å². The second-order valence-corrected chi connectivity index (χ2v) is 5.43. The van der Waals surface area contributed by atoms with Gasteiger partial charge in [0.1, 0.15) is 11.5 Å². The highest BCUT2D eigenvalue weighted by atomic mass is 16.5. The number of nitrogen functional groups attached to an aromatic ring is 1. The Morgan fingerprint density at radius 1 is 1.10 bits per heavy atom. The van der Waals surface area contributed by atoms with Crippen molar-refractivity contribution in [1.29, 1.82) is 0 Å². The molecule has 1 aromatic carbocycles. The summed E-state index contributed by atoms with van der Waals surface area (Å²) in [6.07, 6.45) is 6.71. The van der Waals surface area contributed by atoms with Crippen LogP contribution in [0, 0.1) is 5.92 Å². The van der Waals surface area contributed by atoms with E-state index in [-0.39, 0.29) is 0 Å². The van der Waals surface area contributed by atoms with Gasteiger partial charge in [0.2, 0.25) is 0 Å². The fourth-order valence-electron chi connectivity index (χ4n) is 2.62. The van der Waals surface area contributed by atoms with E-state index < -0.39 is 0 Å². The molecule has 21 heavy (non-hydrogen) atoms. The number of hydrogen-bond donors (Lipinski definition) is 1. The molecule has 110 valence electrons. The maximum absolute atomic E-state index is 5.88. The highest BCUT2D eigenvalue weighted by Crippen LogP contribution is 2.30. The lowest BCUT2D eigenvalue weighted by molar-refractivity contribution is 0.252. The molecule has 4 heteroatoms. The normalized spacial score (nSPS) is 15.0. The average Bonchev–Trinajstić information content (AvgIpc) is 3.02. The van der Waals surface area contributed by atoms with Gasteiger partial charge in [-0.25, -0.2) is 4.98 Å². The summed E-state index contributed by atoms with van der Waals surface area (Å²) in [5.41, 5.74) is 5.88. The zero-order valence-electron chi connectivity index (χ0n) is 12.0. The molecule has 4 nitrogen and oxygen atoms in total. The van der Waals surface area contributed by atoms with Crippen molar-refractivity contribution in [3.63, 3.8) is 0 Å². The van der Waals surface area contributed by atoms with E-state index in [1.807, 2.05) is 36.4 Å². The third-order valence-electron chi connectivity index (χ3n) is 3.78. The summed E-state index contributed by atoms with van der Waals surface area (Å²) in [7, 11) is 0. The lowest BCUT2D eigenvalue weighted by atomic mass is 10.1. The van der Waals surface area contributed by atoms with E-state index >= 15 is 0 Å². The van der Waals surface area contributed by atoms with Crippen LogP contribution in [0.1, 0.15) is 25.7 Å². The molecule has 1 aliphatic rings. The Kier molecular flexibility index (Phi) is 4.24. The molecular formula is C17H20N2O2. The quantitative estimate of drug-likeness (QED) is 0.900. The first-order chi connectivity index (χ1) is 10.3. The van der Waals surface area contributed by atoms with Gasteiger partial charge in [-0.2, -0.15) is 0 Å². The van der Waals surface area contributed by atoms with Crippen LogP contribution in [0.5, 0.6) is 17.2 Å². The largest absolute Gasteiger partial charge is 0.489 e. The van der Waals surface area contributed by atoms with E-state index in [1.54, 1.807) is 6.20 Å². The lowest BCUT2D eigenvalue weighted by Gasteiger charge is -2.13. The van der Waals surface area contributed by atoms with Crippen molar-refractivity contribution in [2.45, 2.75) is 25.7 Å². The summed E-state index contributed by atoms with van der Waals surface area (Å²) < 4.78 is 11.6. The Morgan fingerprint density at radius 3 is 2.62 bits per heavy atom. The van der Waals surface area contributed by atoms with Crippen LogP contribution in [0.3, 0.4) is 0 Å². The van der Waals surface area contributed by atoms with Crippen molar-refractivity contribution in [3.05, 3.63) is 42.6 Å². The molecule has 0 bridgehead atoms. The molecule has 1 fully saturated rings. The number of hydrogen-bond acceptors (Lipinski definition) is 4. The van der Waals surface area contributed by atoms with Crippen LogP contribution in [0.4, 0.5) is 5.82 Å². The van der Waals surface area contributed by atoms with Gasteiger partial charge >= 0.3 is 0 Å². The van der Waals surface area contributed by atoms with Crippen molar-refractivity contribution in [2.24, 2.45) is 5.92 Å². The second-order valence-electron chi connectivity index (χ2n) is 5.43. The zero-order valence-corrected chi connectivity index (χ0v) is 12.0. The van der Waals surface area contributed by atoms with Crippen molar-refractivity contribution in [2.75, 3.05) is 12.3 Å². The van der Waals surface area contributed by atoms with E-state index in [9.17, 15) is 0 Å². The number of para-hydroxylation sites is 1. The molecule has 0 radical (unpaired) electrons. The zero-order chi connectivity index (χ0) is 14.5. The van der Waals surface area contributed by atoms with Crippen LogP contribution >= 0.6 is 0 Å². The van der Waals surface area contributed by atoms with Crippen molar-refractivity contribution >= 4 is 5.82 Å². The third kappa shape index (κ3) is 3.66. The standard InChI is InChI=1S/C17H20N2O2/c18-17-16(20-12-13-6-4-5-7-13)10-15(11-19-17)21-14-8-2-1-3-9-14/h1-3,8-11,13H,4-7,12H2,(H2,18,19). The van der Waals surface area contributed by atoms with Crippen LogP contribution in [-0.2, 0) is 0 Å². The van der Waals surface area contributed by atoms with Crippen molar-refractivity contribution < 1.29 is 9.47 Å².